The molecule has 0 aromatic heterocycles. The van der Waals surface area contributed by atoms with Gasteiger partial charge in [0.1, 0.15) is 6.04 Å². The first-order chi connectivity index (χ1) is 7.34. The molecule has 9 heteroatoms. The molecule has 0 aliphatic heterocycles. The molecule has 0 saturated heterocycles. The highest BCUT2D eigenvalue weighted by Gasteiger charge is 2.61. The van der Waals surface area contributed by atoms with Gasteiger partial charge in [-0.2, -0.15) is 22.8 Å². The molecule has 3 nitrogen and oxygen atoms in total. The average Bonchev–Trinajstić information content (AvgIpc) is 2.09. The van der Waals surface area contributed by atoms with Crippen molar-refractivity contribution in [3.63, 3.8) is 0 Å². The Hall–Kier alpha value is -0.390. The summed E-state index contributed by atoms with van der Waals surface area (Å²) >= 11 is 4.16. The monoisotopic (exact) mass is 294 g/mol. The van der Waals surface area contributed by atoms with Gasteiger partial charge in [0.05, 0.1) is 6.07 Å². The van der Waals surface area contributed by atoms with Gasteiger partial charge < -0.3 is 0 Å². The highest BCUT2D eigenvalue weighted by Crippen LogP contribution is 2.40. The van der Waals surface area contributed by atoms with Crippen molar-refractivity contribution in [2.24, 2.45) is 5.41 Å². The fourth-order valence-electron chi connectivity index (χ4n) is 0.683. The highest BCUT2D eigenvalue weighted by molar-refractivity contribution is 7.84. The van der Waals surface area contributed by atoms with E-state index in [0.717, 1.165) is 0 Å². The zero-order valence-corrected chi connectivity index (χ0v) is 10.8. The highest BCUT2D eigenvalue weighted by atomic mass is 35.5. The third-order valence-electron chi connectivity index (χ3n) is 1.78. The van der Waals surface area contributed by atoms with Gasteiger partial charge in [0.15, 0.2) is 11.0 Å². The number of nitrogens with one attached hydrogen (secondary N) is 1. The second-order valence-corrected chi connectivity index (χ2v) is 6.09. The van der Waals surface area contributed by atoms with E-state index in [9.17, 15) is 21.8 Å². The summed E-state index contributed by atoms with van der Waals surface area (Å²) in [6.07, 6.45) is 0. The zero-order chi connectivity index (χ0) is 14.1. The van der Waals surface area contributed by atoms with E-state index in [1.807, 2.05) is 0 Å². The first-order valence-electron chi connectivity index (χ1n) is 4.36. The molecule has 100 valence electrons. The number of rotatable bonds is 4. The maximum atomic E-state index is 12.9. The lowest BCUT2D eigenvalue weighted by atomic mass is 9.88. The number of hydrogen-bond acceptors (Lipinski definition) is 2. The minimum absolute atomic E-state index is 0.845. The summed E-state index contributed by atoms with van der Waals surface area (Å²) in [5.74, 6) is 0. The van der Waals surface area contributed by atoms with Gasteiger partial charge in [-0.25, -0.2) is 8.93 Å². The largest absolute Gasteiger partial charge is 0.410 e. The molecule has 0 aromatic carbocycles. The van der Waals surface area contributed by atoms with Gasteiger partial charge in [0.25, 0.3) is 0 Å². The fraction of sp³-hybridized carbons (Fsp3) is 0.875. The second-order valence-electron chi connectivity index (χ2n) is 4.33. The van der Waals surface area contributed by atoms with Crippen LogP contribution in [0.15, 0.2) is 0 Å². The number of nitrogens with zero attached hydrogens (tertiary/aromatic N) is 1. The molecule has 0 bridgehead atoms. The SMILES string of the molecule is CC(C)(C)[C@@H](C#N)N[S@@](=O)C(F)(F)C(F)(F)Cl. The molecule has 0 amide bonds. The predicted molar refractivity (Wildman–Crippen MR) is 55.9 cm³/mol. The first-order valence-corrected chi connectivity index (χ1v) is 5.89. The standard InChI is InChI=1S/C8H11ClF4N2OS/c1-6(2,3)5(4-14)15-17(16)8(12,13)7(9,10)11/h5,15H,1-3H3/t5-,17+/m1/s1. The summed E-state index contributed by atoms with van der Waals surface area (Å²) < 4.78 is 63.0. The molecule has 0 spiro atoms. The van der Waals surface area contributed by atoms with Crippen LogP contribution in [0.4, 0.5) is 17.6 Å². The third kappa shape index (κ3) is 4.08. The Labute approximate surface area is 104 Å². The molecule has 17 heavy (non-hydrogen) atoms. The Morgan fingerprint density at radius 2 is 1.71 bits per heavy atom. The van der Waals surface area contributed by atoms with E-state index in [2.05, 4.69) is 11.6 Å². The van der Waals surface area contributed by atoms with Crippen LogP contribution in [0.1, 0.15) is 20.8 Å². The number of hydrogen-bond donors (Lipinski definition) is 1. The molecule has 0 aromatic rings. The van der Waals surface area contributed by atoms with Crippen molar-refractivity contribution in [1.29, 1.82) is 5.26 Å². The molecule has 0 rings (SSSR count). The van der Waals surface area contributed by atoms with Crippen molar-refractivity contribution in [1.82, 2.24) is 4.72 Å². The molecule has 1 N–H and O–H groups in total. The number of nitriles is 1. The lowest BCUT2D eigenvalue weighted by molar-refractivity contribution is -0.0940. The molecular formula is C8H11ClF4N2OS. The van der Waals surface area contributed by atoms with Gasteiger partial charge in [-0.3, -0.25) is 0 Å². The van der Waals surface area contributed by atoms with Crippen LogP contribution >= 0.6 is 11.6 Å². The zero-order valence-electron chi connectivity index (χ0n) is 9.23. The molecule has 0 heterocycles. The van der Waals surface area contributed by atoms with Crippen molar-refractivity contribution >= 4 is 22.6 Å². The van der Waals surface area contributed by atoms with Gasteiger partial charge in [0, 0.05) is 0 Å². The summed E-state index contributed by atoms with van der Waals surface area (Å²) in [4.78, 5) is 0. The van der Waals surface area contributed by atoms with Crippen molar-refractivity contribution < 1.29 is 21.8 Å². The summed E-state index contributed by atoms with van der Waals surface area (Å²) in [5.41, 5.74) is -0.845. The van der Waals surface area contributed by atoms with E-state index in [-0.39, 0.29) is 0 Å². The smallest absolute Gasteiger partial charge is 0.236 e. The number of halogens is 5. The average molecular weight is 295 g/mol. The van der Waals surface area contributed by atoms with E-state index in [1.54, 1.807) is 10.8 Å². The molecule has 0 radical (unpaired) electrons. The maximum Gasteiger partial charge on any atom is 0.410 e. The molecule has 2 atom stereocenters. The first kappa shape index (κ1) is 16.6. The van der Waals surface area contributed by atoms with Crippen LogP contribution in [0.2, 0.25) is 0 Å². The van der Waals surface area contributed by atoms with Crippen LogP contribution in [-0.4, -0.2) is 20.9 Å². The topological polar surface area (TPSA) is 52.9 Å². The minimum Gasteiger partial charge on any atom is -0.236 e. The van der Waals surface area contributed by atoms with E-state index in [0.29, 0.717) is 0 Å². The quantitative estimate of drug-likeness (QED) is 0.640. The van der Waals surface area contributed by atoms with Crippen molar-refractivity contribution in [3.05, 3.63) is 0 Å². The van der Waals surface area contributed by atoms with Gasteiger partial charge in [0.2, 0.25) is 0 Å². The number of alkyl halides is 5. The van der Waals surface area contributed by atoms with Gasteiger partial charge >= 0.3 is 10.6 Å². The molecule has 0 unspecified atom stereocenters. The fourth-order valence-corrected chi connectivity index (χ4v) is 1.87. The molecule has 0 saturated carbocycles. The summed E-state index contributed by atoms with van der Waals surface area (Å²) in [5, 5.41) is -1.25. The van der Waals surface area contributed by atoms with Crippen molar-refractivity contribution in [2.75, 3.05) is 0 Å². The third-order valence-corrected chi connectivity index (χ3v) is 3.30. The van der Waals surface area contributed by atoms with Crippen LogP contribution in [0.5, 0.6) is 0 Å². The molecule has 0 aliphatic carbocycles. The molecular weight excluding hydrogens is 284 g/mol. The summed E-state index contributed by atoms with van der Waals surface area (Å²) in [6.45, 7) is 4.51. The Bertz CT molecular complexity index is 345. The summed E-state index contributed by atoms with van der Waals surface area (Å²) in [6, 6.07) is 0.287. The van der Waals surface area contributed by atoms with Gasteiger partial charge in [-0.15, -0.1) is 0 Å². The lowest BCUT2D eigenvalue weighted by Crippen LogP contribution is -2.50. The Morgan fingerprint density at radius 1 is 1.29 bits per heavy atom. The van der Waals surface area contributed by atoms with E-state index in [1.165, 1.54) is 20.8 Å². The minimum atomic E-state index is -4.96. The van der Waals surface area contributed by atoms with Crippen molar-refractivity contribution in [3.8, 4) is 6.07 Å². The van der Waals surface area contributed by atoms with Crippen LogP contribution in [0, 0.1) is 16.7 Å². The van der Waals surface area contributed by atoms with Crippen LogP contribution in [0.3, 0.4) is 0 Å². The van der Waals surface area contributed by atoms with Crippen LogP contribution in [-0.2, 0) is 11.0 Å². The normalized spacial score (nSPS) is 17.4. The van der Waals surface area contributed by atoms with Crippen LogP contribution < -0.4 is 4.72 Å². The Kier molecular flexibility index (Phi) is 4.96. The van der Waals surface area contributed by atoms with Crippen molar-refractivity contribution in [2.45, 2.75) is 37.4 Å². The molecule has 0 aliphatic rings. The van der Waals surface area contributed by atoms with Gasteiger partial charge in [-0.1, -0.05) is 20.8 Å². The second kappa shape index (κ2) is 5.08. The summed E-state index contributed by atoms with van der Waals surface area (Å²) in [7, 11) is -3.46. The lowest BCUT2D eigenvalue weighted by Gasteiger charge is -2.27. The van der Waals surface area contributed by atoms with E-state index < -0.39 is 33.1 Å². The van der Waals surface area contributed by atoms with E-state index in [4.69, 9.17) is 5.26 Å². The molecule has 0 fully saturated rings. The maximum absolute atomic E-state index is 12.9. The van der Waals surface area contributed by atoms with Gasteiger partial charge in [-0.05, 0) is 17.0 Å². The Balaban J connectivity index is 4.95. The van der Waals surface area contributed by atoms with Crippen LogP contribution in [0.25, 0.3) is 0 Å². The Morgan fingerprint density at radius 3 is 1.94 bits per heavy atom. The van der Waals surface area contributed by atoms with E-state index >= 15 is 0 Å². The predicted octanol–water partition coefficient (Wildman–Crippen LogP) is 2.60.